The van der Waals surface area contributed by atoms with Crippen LogP contribution in [0.2, 0.25) is 5.02 Å². The van der Waals surface area contributed by atoms with Crippen molar-refractivity contribution in [2.24, 2.45) is 0 Å². The molecule has 1 aromatic rings. The molecule has 0 heterocycles. The van der Waals surface area contributed by atoms with Crippen molar-refractivity contribution in [1.29, 1.82) is 0 Å². The van der Waals surface area contributed by atoms with Gasteiger partial charge in [-0.15, -0.1) is 6.58 Å². The summed E-state index contributed by atoms with van der Waals surface area (Å²) in [5.41, 5.74) is -0.0129. The van der Waals surface area contributed by atoms with Crippen molar-refractivity contribution < 1.29 is 14.2 Å². The highest BCUT2D eigenvalue weighted by molar-refractivity contribution is 6.31. The van der Waals surface area contributed by atoms with Crippen LogP contribution >= 0.6 is 11.6 Å². The fourth-order valence-corrected chi connectivity index (χ4v) is 1.35. The summed E-state index contributed by atoms with van der Waals surface area (Å²) in [5.74, 6) is -0.613. The minimum atomic E-state index is -1.13. The molecule has 1 atom stereocenters. The second-order valence-corrected chi connectivity index (χ2v) is 3.07. The lowest BCUT2D eigenvalue weighted by molar-refractivity contribution is 0.222. The Balaban J connectivity index is 3.31. The van der Waals surface area contributed by atoms with Crippen molar-refractivity contribution in [3.05, 3.63) is 41.2 Å². The first-order valence-electron chi connectivity index (χ1n) is 3.94. The number of halogens is 2. The third kappa shape index (κ3) is 1.89. The van der Waals surface area contributed by atoms with E-state index in [1.807, 2.05) is 0 Å². The Morgan fingerprint density at radius 3 is 2.79 bits per heavy atom. The van der Waals surface area contributed by atoms with Gasteiger partial charge in [-0.05, 0) is 12.1 Å². The molecule has 4 heteroatoms. The molecule has 0 aliphatic heterocycles. The molecule has 14 heavy (non-hydrogen) atoms. The maximum atomic E-state index is 13.6. The normalized spacial score (nSPS) is 12.3. The maximum Gasteiger partial charge on any atom is 0.172 e. The summed E-state index contributed by atoms with van der Waals surface area (Å²) in [6.45, 7) is 3.36. The Morgan fingerprint density at radius 2 is 2.29 bits per heavy atom. The average Bonchev–Trinajstić information content (AvgIpc) is 2.18. The fraction of sp³-hybridized carbons (Fsp3) is 0.200. The second kappa shape index (κ2) is 4.44. The molecule has 0 radical (unpaired) electrons. The fourth-order valence-electron chi connectivity index (χ4n) is 1.10. The highest BCUT2D eigenvalue weighted by Gasteiger charge is 2.17. The minimum absolute atomic E-state index is 0.0129. The van der Waals surface area contributed by atoms with Gasteiger partial charge in [-0.3, -0.25) is 0 Å². The van der Waals surface area contributed by atoms with Gasteiger partial charge in [-0.1, -0.05) is 17.7 Å². The van der Waals surface area contributed by atoms with Crippen LogP contribution in [0.4, 0.5) is 4.39 Å². The Kier molecular flexibility index (Phi) is 3.49. The average molecular weight is 217 g/mol. The number of methoxy groups -OCH3 is 1. The molecule has 0 aliphatic rings. The molecule has 0 amide bonds. The van der Waals surface area contributed by atoms with E-state index in [2.05, 4.69) is 6.58 Å². The Hall–Kier alpha value is -1.06. The largest absolute Gasteiger partial charge is 0.494 e. The molecule has 1 rings (SSSR count). The summed E-state index contributed by atoms with van der Waals surface area (Å²) in [6.07, 6.45) is 0.0709. The number of benzene rings is 1. The molecule has 1 unspecified atom stereocenters. The van der Waals surface area contributed by atoms with E-state index >= 15 is 0 Å². The number of hydrogen-bond donors (Lipinski definition) is 1. The summed E-state index contributed by atoms with van der Waals surface area (Å²) in [5, 5.41) is 9.56. The van der Waals surface area contributed by atoms with Crippen LogP contribution in [0.1, 0.15) is 11.7 Å². The van der Waals surface area contributed by atoms with Gasteiger partial charge >= 0.3 is 0 Å². The van der Waals surface area contributed by atoms with Crippen molar-refractivity contribution in [3.8, 4) is 5.75 Å². The maximum absolute atomic E-state index is 13.6. The van der Waals surface area contributed by atoms with Gasteiger partial charge in [0.15, 0.2) is 11.6 Å². The number of aliphatic hydroxyl groups excluding tert-OH is 1. The summed E-state index contributed by atoms with van der Waals surface area (Å²) >= 11 is 5.73. The van der Waals surface area contributed by atoms with Gasteiger partial charge in [0, 0.05) is 10.6 Å². The van der Waals surface area contributed by atoms with Gasteiger partial charge < -0.3 is 9.84 Å². The standard InChI is InChI=1S/C10H10ClFO2/c1-3-7(13)9-6(11)4-5-8(14-2)10(9)12/h3-5,7,13H,1H2,2H3. The van der Waals surface area contributed by atoms with E-state index in [1.165, 1.54) is 25.3 Å². The first-order valence-corrected chi connectivity index (χ1v) is 4.32. The Labute approximate surface area is 86.6 Å². The van der Waals surface area contributed by atoms with Gasteiger partial charge in [-0.25, -0.2) is 4.39 Å². The van der Waals surface area contributed by atoms with Crippen molar-refractivity contribution >= 4 is 11.6 Å². The highest BCUT2D eigenvalue weighted by atomic mass is 35.5. The Bertz CT molecular complexity index is 352. The van der Waals surface area contributed by atoms with Crippen molar-refractivity contribution in [2.45, 2.75) is 6.10 Å². The lowest BCUT2D eigenvalue weighted by Crippen LogP contribution is -2.00. The van der Waals surface area contributed by atoms with Gasteiger partial charge in [0.25, 0.3) is 0 Å². The summed E-state index contributed by atoms with van der Waals surface area (Å²) in [7, 11) is 1.34. The molecule has 0 saturated carbocycles. The molecule has 0 bridgehead atoms. The van der Waals surface area contributed by atoms with Crippen LogP contribution in [-0.2, 0) is 0 Å². The number of ether oxygens (including phenoxy) is 1. The number of aliphatic hydroxyl groups is 1. The zero-order chi connectivity index (χ0) is 10.7. The van der Waals surface area contributed by atoms with Crippen LogP contribution in [0.5, 0.6) is 5.75 Å². The summed E-state index contributed by atoms with van der Waals surface area (Å²) < 4.78 is 18.3. The van der Waals surface area contributed by atoms with Gasteiger partial charge in [0.2, 0.25) is 0 Å². The lowest BCUT2D eigenvalue weighted by Gasteiger charge is -2.11. The number of rotatable bonds is 3. The topological polar surface area (TPSA) is 29.5 Å². The molecule has 2 nitrogen and oxygen atoms in total. The third-order valence-corrected chi connectivity index (χ3v) is 2.16. The summed E-state index contributed by atoms with van der Waals surface area (Å²) in [4.78, 5) is 0. The van der Waals surface area contributed by atoms with Crippen LogP contribution < -0.4 is 4.74 Å². The van der Waals surface area contributed by atoms with Crippen LogP contribution in [0, 0.1) is 5.82 Å². The summed E-state index contributed by atoms with van der Waals surface area (Å²) in [6, 6.07) is 2.86. The van der Waals surface area contributed by atoms with Crippen molar-refractivity contribution in [1.82, 2.24) is 0 Å². The predicted molar refractivity (Wildman–Crippen MR) is 53.1 cm³/mol. The molecule has 0 aliphatic carbocycles. The predicted octanol–water partition coefficient (Wildman–Crippen LogP) is 2.71. The first-order chi connectivity index (χ1) is 6.61. The highest BCUT2D eigenvalue weighted by Crippen LogP contribution is 2.31. The van der Waals surface area contributed by atoms with Crippen LogP contribution in [0.3, 0.4) is 0 Å². The zero-order valence-electron chi connectivity index (χ0n) is 7.63. The third-order valence-electron chi connectivity index (χ3n) is 1.83. The first kappa shape index (κ1) is 11.0. The monoisotopic (exact) mass is 216 g/mol. The molecule has 0 spiro atoms. The number of hydrogen-bond acceptors (Lipinski definition) is 2. The minimum Gasteiger partial charge on any atom is -0.494 e. The van der Waals surface area contributed by atoms with Crippen molar-refractivity contribution in [3.63, 3.8) is 0 Å². The van der Waals surface area contributed by atoms with E-state index in [0.29, 0.717) is 0 Å². The van der Waals surface area contributed by atoms with Crippen LogP contribution in [-0.4, -0.2) is 12.2 Å². The molecular weight excluding hydrogens is 207 g/mol. The second-order valence-electron chi connectivity index (χ2n) is 2.66. The molecule has 0 aromatic heterocycles. The molecular formula is C10H10ClFO2. The molecule has 76 valence electrons. The van der Waals surface area contributed by atoms with E-state index in [9.17, 15) is 9.50 Å². The van der Waals surface area contributed by atoms with E-state index in [0.717, 1.165) is 0 Å². The van der Waals surface area contributed by atoms with Gasteiger partial charge in [-0.2, -0.15) is 0 Å². The molecule has 1 aromatic carbocycles. The van der Waals surface area contributed by atoms with E-state index in [4.69, 9.17) is 16.3 Å². The van der Waals surface area contributed by atoms with E-state index in [1.54, 1.807) is 0 Å². The zero-order valence-corrected chi connectivity index (χ0v) is 8.38. The SMILES string of the molecule is C=CC(O)c1c(Cl)ccc(OC)c1F. The molecule has 0 saturated heterocycles. The van der Waals surface area contributed by atoms with Gasteiger partial charge in [0.1, 0.15) is 6.10 Å². The van der Waals surface area contributed by atoms with Crippen LogP contribution in [0.15, 0.2) is 24.8 Å². The molecule has 0 fully saturated rings. The Morgan fingerprint density at radius 1 is 1.64 bits per heavy atom. The van der Waals surface area contributed by atoms with Crippen LogP contribution in [0.25, 0.3) is 0 Å². The van der Waals surface area contributed by atoms with Crippen molar-refractivity contribution in [2.75, 3.05) is 7.11 Å². The van der Waals surface area contributed by atoms with Gasteiger partial charge in [0.05, 0.1) is 7.11 Å². The molecule has 1 N–H and O–H groups in total. The van der Waals surface area contributed by atoms with E-state index < -0.39 is 11.9 Å². The quantitative estimate of drug-likeness (QED) is 0.788. The smallest absolute Gasteiger partial charge is 0.172 e. The lowest BCUT2D eigenvalue weighted by atomic mass is 10.1. The van der Waals surface area contributed by atoms with E-state index in [-0.39, 0.29) is 16.3 Å².